The maximum Gasteiger partial charge on any atom is 0.307 e. The van der Waals surface area contributed by atoms with E-state index in [0.717, 1.165) is 6.42 Å². The highest BCUT2D eigenvalue weighted by atomic mass is 16.6. The average Bonchev–Trinajstić information content (AvgIpc) is 1.82. The molecule has 72 valence electrons. The molecule has 0 aliphatic heterocycles. The largest absolute Gasteiger partial charge is 0.460 e. The molecule has 0 saturated heterocycles. The summed E-state index contributed by atoms with van der Waals surface area (Å²) in [7, 11) is 0. The molecule has 12 heavy (non-hydrogen) atoms. The summed E-state index contributed by atoms with van der Waals surface area (Å²) < 4.78 is 5.09. The Balaban J connectivity index is 3.75. The number of nitrogens with two attached hydrogens (primary N) is 1. The van der Waals surface area contributed by atoms with Crippen LogP contribution in [-0.2, 0) is 9.53 Å². The minimum Gasteiger partial charge on any atom is -0.460 e. The number of ether oxygens (including phenoxy) is 1. The summed E-state index contributed by atoms with van der Waals surface area (Å²) in [4.78, 5) is 11.1. The van der Waals surface area contributed by atoms with Crippen molar-refractivity contribution in [1.29, 1.82) is 0 Å². The SMILES string of the molecule is CCC(N)CC(=O)OC(C)(C)C. The number of carbonyl (C=O) groups is 1. The molecular weight excluding hydrogens is 154 g/mol. The van der Waals surface area contributed by atoms with Gasteiger partial charge in [-0.3, -0.25) is 4.79 Å². The molecule has 0 bridgehead atoms. The van der Waals surface area contributed by atoms with E-state index in [1.165, 1.54) is 0 Å². The second-order valence-electron chi connectivity index (χ2n) is 3.96. The molecule has 0 aliphatic carbocycles. The standard InChI is InChI=1S/C9H19NO2/c1-5-7(10)6-8(11)12-9(2,3)4/h7H,5-6,10H2,1-4H3. The van der Waals surface area contributed by atoms with Crippen LogP contribution in [0.1, 0.15) is 40.5 Å². The molecule has 1 unspecified atom stereocenters. The van der Waals surface area contributed by atoms with E-state index in [-0.39, 0.29) is 12.0 Å². The van der Waals surface area contributed by atoms with E-state index >= 15 is 0 Å². The van der Waals surface area contributed by atoms with Gasteiger partial charge in [0, 0.05) is 6.04 Å². The van der Waals surface area contributed by atoms with Gasteiger partial charge in [-0.1, -0.05) is 6.92 Å². The van der Waals surface area contributed by atoms with Crippen LogP contribution in [0.25, 0.3) is 0 Å². The van der Waals surface area contributed by atoms with Gasteiger partial charge < -0.3 is 10.5 Å². The molecule has 0 aliphatic rings. The minimum absolute atomic E-state index is 0.0696. The lowest BCUT2D eigenvalue weighted by Gasteiger charge is -2.20. The van der Waals surface area contributed by atoms with Gasteiger partial charge in [0.1, 0.15) is 5.60 Å². The fourth-order valence-electron chi connectivity index (χ4n) is 0.742. The molecule has 0 rings (SSSR count). The van der Waals surface area contributed by atoms with Gasteiger partial charge in [-0.05, 0) is 27.2 Å². The van der Waals surface area contributed by atoms with Crippen molar-refractivity contribution in [2.24, 2.45) is 5.73 Å². The Morgan fingerprint density at radius 1 is 1.50 bits per heavy atom. The average molecular weight is 173 g/mol. The molecule has 0 fully saturated rings. The first-order valence-electron chi connectivity index (χ1n) is 4.32. The van der Waals surface area contributed by atoms with Crippen molar-refractivity contribution in [2.45, 2.75) is 52.2 Å². The summed E-state index contributed by atoms with van der Waals surface area (Å²) in [5, 5.41) is 0. The van der Waals surface area contributed by atoms with E-state index in [0.29, 0.717) is 6.42 Å². The summed E-state index contributed by atoms with van der Waals surface area (Å²) in [5.41, 5.74) is 5.19. The minimum atomic E-state index is -0.398. The first-order valence-corrected chi connectivity index (χ1v) is 4.32. The van der Waals surface area contributed by atoms with Gasteiger partial charge in [0.2, 0.25) is 0 Å². The fourth-order valence-corrected chi connectivity index (χ4v) is 0.742. The second-order valence-corrected chi connectivity index (χ2v) is 3.96. The Labute approximate surface area is 74.3 Å². The zero-order valence-electron chi connectivity index (χ0n) is 8.39. The Morgan fingerprint density at radius 2 is 2.00 bits per heavy atom. The molecule has 3 nitrogen and oxygen atoms in total. The van der Waals surface area contributed by atoms with E-state index in [1.54, 1.807) is 0 Å². The molecule has 3 heteroatoms. The second kappa shape index (κ2) is 4.45. The molecule has 0 aromatic heterocycles. The van der Waals surface area contributed by atoms with E-state index in [4.69, 9.17) is 10.5 Å². The Morgan fingerprint density at radius 3 is 2.33 bits per heavy atom. The summed E-state index contributed by atoms with van der Waals surface area (Å²) in [6.45, 7) is 7.50. The highest BCUT2D eigenvalue weighted by molar-refractivity contribution is 5.70. The summed E-state index contributed by atoms with van der Waals surface area (Å²) >= 11 is 0. The summed E-state index contributed by atoms with van der Waals surface area (Å²) in [6.07, 6.45) is 1.12. The molecule has 0 radical (unpaired) electrons. The lowest BCUT2D eigenvalue weighted by atomic mass is 10.1. The van der Waals surface area contributed by atoms with Crippen LogP contribution >= 0.6 is 0 Å². The normalized spacial score (nSPS) is 14.1. The van der Waals surface area contributed by atoms with Crippen LogP contribution in [0, 0.1) is 0 Å². The van der Waals surface area contributed by atoms with Gasteiger partial charge in [0.15, 0.2) is 0 Å². The maximum atomic E-state index is 11.1. The van der Waals surface area contributed by atoms with Gasteiger partial charge in [-0.2, -0.15) is 0 Å². The molecule has 0 spiro atoms. The Bertz CT molecular complexity index is 149. The van der Waals surface area contributed by atoms with Crippen molar-refractivity contribution in [1.82, 2.24) is 0 Å². The van der Waals surface area contributed by atoms with E-state index in [2.05, 4.69) is 0 Å². The molecule has 0 aromatic carbocycles. The van der Waals surface area contributed by atoms with Gasteiger partial charge >= 0.3 is 5.97 Å². The molecule has 2 N–H and O–H groups in total. The highest BCUT2D eigenvalue weighted by Crippen LogP contribution is 2.09. The number of hydrogen-bond donors (Lipinski definition) is 1. The summed E-state index contributed by atoms with van der Waals surface area (Å²) in [6, 6.07) is -0.0696. The van der Waals surface area contributed by atoms with Crippen LogP contribution in [0.5, 0.6) is 0 Å². The van der Waals surface area contributed by atoms with Crippen LogP contribution in [0.3, 0.4) is 0 Å². The van der Waals surface area contributed by atoms with Crippen molar-refractivity contribution in [3.63, 3.8) is 0 Å². The van der Waals surface area contributed by atoms with Gasteiger partial charge in [-0.25, -0.2) is 0 Å². The van der Waals surface area contributed by atoms with E-state index in [9.17, 15) is 4.79 Å². The maximum absolute atomic E-state index is 11.1. The zero-order chi connectivity index (χ0) is 9.78. The smallest absolute Gasteiger partial charge is 0.307 e. The Kier molecular flexibility index (Phi) is 4.24. The topological polar surface area (TPSA) is 52.3 Å². The van der Waals surface area contributed by atoms with Gasteiger partial charge in [0.05, 0.1) is 6.42 Å². The third-order valence-electron chi connectivity index (χ3n) is 1.37. The fraction of sp³-hybridized carbons (Fsp3) is 0.889. The van der Waals surface area contributed by atoms with Gasteiger partial charge in [-0.15, -0.1) is 0 Å². The number of rotatable bonds is 3. The molecule has 0 aromatic rings. The van der Waals surface area contributed by atoms with Crippen molar-refractivity contribution in [3.8, 4) is 0 Å². The van der Waals surface area contributed by atoms with Crippen molar-refractivity contribution < 1.29 is 9.53 Å². The number of carbonyl (C=O) groups excluding carboxylic acids is 1. The van der Waals surface area contributed by atoms with Crippen molar-refractivity contribution in [2.75, 3.05) is 0 Å². The Hall–Kier alpha value is -0.570. The van der Waals surface area contributed by atoms with Gasteiger partial charge in [0.25, 0.3) is 0 Å². The van der Waals surface area contributed by atoms with Crippen LogP contribution < -0.4 is 5.73 Å². The van der Waals surface area contributed by atoms with E-state index in [1.807, 2.05) is 27.7 Å². The zero-order valence-corrected chi connectivity index (χ0v) is 8.39. The lowest BCUT2D eigenvalue weighted by molar-refractivity contribution is -0.155. The van der Waals surface area contributed by atoms with E-state index < -0.39 is 5.60 Å². The van der Waals surface area contributed by atoms with Crippen LogP contribution in [0.2, 0.25) is 0 Å². The van der Waals surface area contributed by atoms with Crippen molar-refractivity contribution >= 4 is 5.97 Å². The number of esters is 1. The van der Waals surface area contributed by atoms with Crippen molar-refractivity contribution in [3.05, 3.63) is 0 Å². The number of hydrogen-bond acceptors (Lipinski definition) is 3. The third kappa shape index (κ3) is 6.16. The first-order chi connectivity index (χ1) is 5.35. The van der Waals surface area contributed by atoms with Crippen LogP contribution in [0.4, 0.5) is 0 Å². The quantitative estimate of drug-likeness (QED) is 0.657. The van der Waals surface area contributed by atoms with Crippen LogP contribution in [-0.4, -0.2) is 17.6 Å². The first kappa shape index (κ1) is 11.4. The molecule has 1 atom stereocenters. The monoisotopic (exact) mass is 173 g/mol. The van der Waals surface area contributed by atoms with Crippen LogP contribution in [0.15, 0.2) is 0 Å². The highest BCUT2D eigenvalue weighted by Gasteiger charge is 2.17. The molecule has 0 saturated carbocycles. The predicted octanol–water partition coefficient (Wildman–Crippen LogP) is 1.46. The molecular formula is C9H19NO2. The summed E-state index contributed by atoms with van der Waals surface area (Å²) in [5.74, 6) is -0.211. The molecule has 0 heterocycles. The molecule has 0 amide bonds. The predicted molar refractivity (Wildman–Crippen MR) is 48.7 cm³/mol. The lowest BCUT2D eigenvalue weighted by Crippen LogP contribution is -2.29. The third-order valence-corrected chi connectivity index (χ3v) is 1.37.